The Bertz CT molecular complexity index is 2810. The quantitative estimate of drug-likeness (QED) is 0.0437. The Morgan fingerprint density at radius 1 is 0.167 bits per heavy atom. The first kappa shape index (κ1) is 196. The smallest absolute Gasteiger partial charge is 0.664 e. The maximum atomic E-state index is 5.24. The number of nitrogens with zero attached hydrogens (tertiary/aromatic N) is 18. The summed E-state index contributed by atoms with van der Waals surface area (Å²) in [4.78, 5) is 72.2. The van der Waals surface area contributed by atoms with E-state index in [1.54, 1.807) is 0 Å². The number of rotatable bonds is 38. The minimum atomic E-state index is -1.53. The van der Waals surface area contributed by atoms with Crippen LogP contribution in [0.25, 0.3) is 59.8 Å². The first-order valence-corrected chi connectivity index (χ1v) is 95.0. The molecule has 0 spiro atoms. The molecule has 36 heteroatoms. The van der Waals surface area contributed by atoms with E-state index in [-0.39, 0.29) is 145 Å². The van der Waals surface area contributed by atoms with Crippen molar-refractivity contribution in [1.82, 2.24) is 29.4 Å². The van der Waals surface area contributed by atoms with Crippen LogP contribution in [0.15, 0.2) is 0 Å². The Morgan fingerprint density at radius 2 is 0.320 bits per heavy atom. The monoisotopic (exact) mass is 2590 g/mol. The maximum absolute atomic E-state index is 5.24. The average molecular weight is 2600 g/mol. The van der Waals surface area contributed by atoms with Crippen molar-refractivity contribution in [3.63, 3.8) is 0 Å². The van der Waals surface area contributed by atoms with Crippen LogP contribution in [-0.2, 0) is 101 Å². The van der Waals surface area contributed by atoms with Gasteiger partial charge in [-0.3, -0.25) is 0 Å². The van der Waals surface area contributed by atoms with Crippen LogP contribution in [0.3, 0.4) is 0 Å². The van der Waals surface area contributed by atoms with Crippen LogP contribution in [-0.4, -0.2) is 320 Å². The second kappa shape index (κ2) is 82.5. The van der Waals surface area contributed by atoms with Gasteiger partial charge in [0.15, 0.2) is 0 Å². The zero-order valence-corrected chi connectivity index (χ0v) is 136. The maximum Gasteiger partial charge on any atom is 3.00 e. The molecule has 0 radical (unpaired) electrons. The molecule has 18 nitrogen and oxygen atoms in total. The molecule has 924 valence electrons. The van der Waals surface area contributed by atoms with Crippen molar-refractivity contribution in [2.45, 2.75) is 602 Å². The fourth-order valence-corrected chi connectivity index (χ4v) is 34.7. The Labute approximate surface area is 1030 Å². The molecule has 0 rings (SSSR count). The van der Waals surface area contributed by atoms with Crippen molar-refractivity contribution < 1.29 is 101 Å². The summed E-state index contributed by atoms with van der Waals surface area (Å²) in [6.07, 6.45) is 2.41. The second-order valence-electron chi connectivity index (χ2n) is 64.0. The van der Waals surface area contributed by atoms with Gasteiger partial charge in [-0.1, -0.05) is 657 Å². The van der Waals surface area contributed by atoms with Gasteiger partial charge in [-0.25, -0.2) is 0 Å². The first-order chi connectivity index (χ1) is 61.9. The summed E-state index contributed by atoms with van der Waals surface area (Å²) in [7, 11) is -2.92. The third-order valence-electron chi connectivity index (χ3n) is 24.6. The van der Waals surface area contributed by atoms with Gasteiger partial charge < -0.3 is 89.2 Å². The van der Waals surface area contributed by atoms with E-state index in [0.717, 1.165) is 98.2 Å². The molecular formula is C114H282Co6N18Si12+6. The van der Waals surface area contributed by atoms with Gasteiger partial charge in [0.2, 0.25) is 0 Å². The molecular weight excluding hydrogens is 2310 g/mol. The van der Waals surface area contributed by atoms with E-state index in [4.69, 9.17) is 29.9 Å². The van der Waals surface area contributed by atoms with Gasteiger partial charge >= 0.3 is 101 Å². The van der Waals surface area contributed by atoms with Crippen LogP contribution in [0.4, 0.5) is 0 Å². The second-order valence-corrected chi connectivity index (χ2v) is 121. The van der Waals surface area contributed by atoms with Crippen LogP contribution >= 0.6 is 0 Å². The van der Waals surface area contributed by atoms with Crippen molar-refractivity contribution in [1.29, 1.82) is 0 Å². The molecule has 0 aliphatic carbocycles. The molecule has 0 saturated carbocycles. The molecule has 0 aromatic heterocycles. The van der Waals surface area contributed by atoms with Gasteiger partial charge in [0.1, 0.15) is 0 Å². The van der Waals surface area contributed by atoms with Crippen molar-refractivity contribution in [3.8, 4) is 0 Å². The van der Waals surface area contributed by atoms with Crippen LogP contribution in [0.2, 0.25) is 227 Å². The van der Waals surface area contributed by atoms with Crippen LogP contribution in [0.1, 0.15) is 331 Å². The number of likely N-dealkylation sites (N-methyl/N-ethyl adjacent to an activating group) is 4. The average Bonchev–Trinajstić information content (AvgIpc) is 0.806. The minimum absolute atomic E-state index is 0. The van der Waals surface area contributed by atoms with Gasteiger partial charge in [0.25, 0.3) is 0 Å². The molecule has 0 saturated heterocycles. The summed E-state index contributed by atoms with van der Waals surface area (Å²) in [6, 6.07) is 0. The molecule has 0 fully saturated rings. The summed E-state index contributed by atoms with van der Waals surface area (Å²) < 4.78 is 0. The van der Waals surface area contributed by atoms with Gasteiger partial charge in [-0.15, -0.1) is 70.5 Å². The van der Waals surface area contributed by atoms with E-state index in [1.165, 1.54) is 19.4 Å². The Morgan fingerprint density at radius 3 is 0.460 bits per heavy atom. The Kier molecular flexibility index (Phi) is 108. The SMILES string of the molecule is CC(C)(C)[N-][Si](C)(C)C.CC(C)(C)[N-][Si](C)(C)C.CC(C)(C)[N-][Si](C)(C)C.CC(C)(C)[N-][Si](C)(C)C.CC(C)(C)[N-][Si](C)(C)C.CC(C)(C)[N-][Si](C)(C)C.CCN(CC)CC(C)(C)[N-][Si](C)(C)C(C)(C)C.CCN(CC)CCC[N-][Si](C)(C)C(C)(C)C.CCN(CC)CC[N-][Si](C)(C)C(C)(C)C.CN(C)CC(C)(C)[N-][Si](C)(C)C(C)(C)C.CN(C)CCC[N-][Si](C)(C)C(C)(C)C.CN(C)CC[N-][Si](C)(C)C(C)(C)C.[Co+3].[Co+3].[Co+3].[Co+3].[Co+3].[Co+3]. The predicted molar refractivity (Wildman–Crippen MR) is 718 cm³/mol. The molecule has 0 N–H and O–H groups in total. The molecule has 0 aliphatic heterocycles. The normalized spacial score (nSPS) is 13.4. The fraction of sp³-hybridized carbons (Fsp3) is 1.00. The van der Waals surface area contributed by atoms with E-state index in [0.29, 0.717) is 30.2 Å². The van der Waals surface area contributed by atoms with Gasteiger partial charge in [-0.2, -0.15) is 0 Å². The minimum Gasteiger partial charge on any atom is -0.664 e. The third-order valence-corrected chi connectivity index (χ3v) is 61.0. The van der Waals surface area contributed by atoms with Crippen molar-refractivity contribution in [3.05, 3.63) is 59.8 Å². The summed E-state index contributed by atoms with van der Waals surface area (Å²) in [5, 5.41) is 2.24. The molecule has 0 heterocycles. The van der Waals surface area contributed by atoms with Gasteiger partial charge in [0.05, 0.1) is 0 Å². The number of hydrogen-bond acceptors (Lipinski definition) is 6. The summed E-state index contributed by atoms with van der Waals surface area (Å²) in [6.45, 7) is 190. The number of hydrogen-bond donors (Lipinski definition) is 0. The van der Waals surface area contributed by atoms with E-state index < -0.39 is 98.8 Å². The van der Waals surface area contributed by atoms with E-state index in [1.807, 2.05) is 0 Å². The standard InChI is InChI=1S/C14H33N2Si.C13H31N2Si.2C12H29N2Si.C11H27N2Si.C10H25N2Si.6C7H18NSi.6Co/c1-10-16(11-2)12-14(6,7)15-17(8,9)13(3,4)5;1-8-15(9-2)12-10-11-14-16(6,7)13(3,4)5;1-11(2,3)15(8,9)13-12(4,5)10-14(6)7;1-8-14(9-2)11-10-13-15(6,7)12(3,4)5;1-11(2,3)14(6,7)12-9-8-10-13(4)5;1-10(2,3)13(6,7)11-8-9-12(4)5;6*1-7(2,3)8-9(4,5)6;;;;;;/h10-12H2,1-9H3;8-12H2,1-7H3;10H2,1-9H3;8-11H2,1-7H3;8-10H2,1-7H3;8-9H2,1-7H3;6*1-6H3;;;;;;/q12*-1;6*+3. The van der Waals surface area contributed by atoms with E-state index >= 15 is 0 Å². The van der Waals surface area contributed by atoms with Crippen LogP contribution in [0.5, 0.6) is 0 Å². The Hall–Kier alpha value is 4.92. The van der Waals surface area contributed by atoms with E-state index in [9.17, 15) is 0 Å². The third kappa shape index (κ3) is 140. The van der Waals surface area contributed by atoms with Gasteiger partial charge in [-0.05, 0) is 121 Å². The molecule has 150 heavy (non-hydrogen) atoms. The summed E-state index contributed by atoms with van der Waals surface area (Å²) >= 11 is 0. The fourth-order valence-electron chi connectivity index (χ4n) is 14.2. The molecule has 0 aromatic rings. The van der Waals surface area contributed by atoms with Crippen LogP contribution < -0.4 is 0 Å². The largest absolute Gasteiger partial charge is 3.00 e. The molecule has 0 unspecified atom stereocenters. The topological polar surface area (TPSA) is 189 Å². The molecule has 0 atom stereocenters. The molecule has 0 aromatic carbocycles. The zero-order chi connectivity index (χ0) is 120. The van der Waals surface area contributed by atoms with Crippen LogP contribution in [0, 0.1) is 0 Å². The van der Waals surface area contributed by atoms with Crippen molar-refractivity contribution in [2.75, 3.05) is 147 Å². The van der Waals surface area contributed by atoms with E-state index in [2.05, 4.69) is 616 Å². The Balaban J connectivity index is -0.0000000795. The zero-order valence-electron chi connectivity index (χ0n) is 118. The molecule has 0 amide bonds. The molecule has 0 bridgehead atoms. The van der Waals surface area contributed by atoms with Crippen molar-refractivity contribution >= 4 is 98.8 Å². The van der Waals surface area contributed by atoms with Gasteiger partial charge in [0, 0.05) is 0 Å². The predicted octanol–water partition coefficient (Wildman–Crippen LogP) is 40.2. The summed E-state index contributed by atoms with van der Waals surface area (Å²) in [5.74, 6) is 0. The molecule has 0 aliphatic rings. The van der Waals surface area contributed by atoms with Crippen molar-refractivity contribution in [2.24, 2.45) is 0 Å². The summed E-state index contributed by atoms with van der Waals surface area (Å²) in [5.41, 5.74) is 1.18. The first-order valence-electron chi connectivity index (χ1n) is 56.7.